The van der Waals surface area contributed by atoms with Gasteiger partial charge < -0.3 is 15.4 Å². The SMILES string of the molecule is CSc1ccc([C@H]2CC(=O)NC(SCC(=O)NC[C@@H]3CCCO3)=C2C#N)cc1. The summed E-state index contributed by atoms with van der Waals surface area (Å²) in [5.41, 5.74) is 1.44. The predicted molar refractivity (Wildman–Crippen MR) is 111 cm³/mol. The molecule has 2 amide bonds. The van der Waals surface area contributed by atoms with Crippen molar-refractivity contribution in [3.05, 3.63) is 40.4 Å². The van der Waals surface area contributed by atoms with Gasteiger partial charge in [-0.15, -0.1) is 11.8 Å². The Morgan fingerprint density at radius 3 is 2.82 bits per heavy atom. The lowest BCUT2D eigenvalue weighted by atomic mass is 9.87. The van der Waals surface area contributed by atoms with E-state index >= 15 is 0 Å². The van der Waals surface area contributed by atoms with Crippen molar-refractivity contribution in [2.24, 2.45) is 0 Å². The molecule has 148 valence electrons. The molecule has 2 aliphatic heterocycles. The highest BCUT2D eigenvalue weighted by Gasteiger charge is 2.30. The van der Waals surface area contributed by atoms with E-state index in [4.69, 9.17) is 4.74 Å². The third kappa shape index (κ3) is 5.31. The van der Waals surface area contributed by atoms with Gasteiger partial charge in [0, 0.05) is 30.4 Å². The Balaban J connectivity index is 1.66. The van der Waals surface area contributed by atoms with Gasteiger partial charge in [-0.2, -0.15) is 5.26 Å². The van der Waals surface area contributed by atoms with Crippen LogP contribution >= 0.6 is 23.5 Å². The van der Waals surface area contributed by atoms with Gasteiger partial charge in [0.1, 0.15) is 0 Å². The summed E-state index contributed by atoms with van der Waals surface area (Å²) in [5.74, 6) is -0.413. The molecule has 0 saturated carbocycles. The van der Waals surface area contributed by atoms with Crippen molar-refractivity contribution in [3.63, 3.8) is 0 Å². The van der Waals surface area contributed by atoms with Crippen molar-refractivity contribution >= 4 is 35.3 Å². The number of carbonyl (C=O) groups is 2. The molecule has 8 heteroatoms. The predicted octanol–water partition coefficient (Wildman–Crippen LogP) is 2.78. The van der Waals surface area contributed by atoms with Crippen molar-refractivity contribution in [1.29, 1.82) is 5.26 Å². The summed E-state index contributed by atoms with van der Waals surface area (Å²) in [4.78, 5) is 25.5. The van der Waals surface area contributed by atoms with E-state index in [0.717, 1.165) is 29.9 Å². The van der Waals surface area contributed by atoms with E-state index in [2.05, 4.69) is 16.7 Å². The van der Waals surface area contributed by atoms with Gasteiger partial charge in [0.2, 0.25) is 11.8 Å². The van der Waals surface area contributed by atoms with E-state index in [1.54, 1.807) is 11.8 Å². The van der Waals surface area contributed by atoms with Gasteiger partial charge in [0.25, 0.3) is 0 Å². The van der Waals surface area contributed by atoms with E-state index in [1.807, 2.05) is 30.5 Å². The van der Waals surface area contributed by atoms with Crippen LogP contribution in [0, 0.1) is 11.3 Å². The molecule has 2 atom stereocenters. The Labute approximate surface area is 173 Å². The Hall–Kier alpha value is -1.95. The first-order chi connectivity index (χ1) is 13.6. The summed E-state index contributed by atoms with van der Waals surface area (Å²) in [6.45, 7) is 1.25. The van der Waals surface area contributed by atoms with Crippen molar-refractivity contribution in [2.45, 2.75) is 36.2 Å². The minimum Gasteiger partial charge on any atom is -0.376 e. The summed E-state index contributed by atoms with van der Waals surface area (Å²) in [5, 5.41) is 15.8. The number of nitrogens with one attached hydrogen (secondary N) is 2. The molecule has 0 unspecified atom stereocenters. The smallest absolute Gasteiger partial charge is 0.230 e. The van der Waals surface area contributed by atoms with E-state index in [1.165, 1.54) is 11.8 Å². The fourth-order valence-corrected chi connectivity index (χ4v) is 4.59. The Morgan fingerprint density at radius 1 is 1.39 bits per heavy atom. The average Bonchev–Trinajstić information content (AvgIpc) is 3.24. The lowest BCUT2D eigenvalue weighted by Gasteiger charge is -2.25. The van der Waals surface area contributed by atoms with Crippen molar-refractivity contribution in [3.8, 4) is 6.07 Å². The molecule has 1 aromatic rings. The van der Waals surface area contributed by atoms with E-state index in [9.17, 15) is 14.9 Å². The minimum atomic E-state index is -0.285. The highest BCUT2D eigenvalue weighted by molar-refractivity contribution is 8.03. The number of rotatable bonds is 7. The number of thioether (sulfide) groups is 2. The van der Waals surface area contributed by atoms with Crippen LogP contribution in [-0.4, -0.2) is 43.1 Å². The summed E-state index contributed by atoms with van der Waals surface area (Å²) in [7, 11) is 0. The molecular formula is C20H23N3O3S2. The monoisotopic (exact) mass is 417 g/mol. The third-order valence-corrected chi connectivity index (χ3v) is 6.53. The number of nitriles is 1. The molecule has 1 saturated heterocycles. The third-order valence-electron chi connectivity index (χ3n) is 4.77. The molecule has 2 N–H and O–H groups in total. The van der Waals surface area contributed by atoms with Gasteiger partial charge >= 0.3 is 0 Å². The van der Waals surface area contributed by atoms with Crippen LogP contribution in [0.15, 0.2) is 39.8 Å². The number of hydrogen-bond acceptors (Lipinski definition) is 6. The Morgan fingerprint density at radius 2 is 2.18 bits per heavy atom. The lowest BCUT2D eigenvalue weighted by molar-refractivity contribution is -0.121. The average molecular weight is 418 g/mol. The number of ether oxygens (including phenoxy) is 1. The van der Waals surface area contributed by atoms with E-state index < -0.39 is 0 Å². The maximum atomic E-state index is 12.2. The van der Waals surface area contributed by atoms with Crippen LogP contribution in [-0.2, 0) is 14.3 Å². The van der Waals surface area contributed by atoms with Gasteiger partial charge in [-0.3, -0.25) is 9.59 Å². The molecule has 2 aliphatic rings. The van der Waals surface area contributed by atoms with E-state index in [-0.39, 0.29) is 36.0 Å². The largest absolute Gasteiger partial charge is 0.376 e. The van der Waals surface area contributed by atoms with Crippen LogP contribution in [0.25, 0.3) is 0 Å². The Bertz CT molecular complexity index is 796. The van der Waals surface area contributed by atoms with Crippen LogP contribution in [0.1, 0.15) is 30.7 Å². The standard InChI is InChI=1S/C20H23N3O3S2/c1-27-15-6-4-13(5-7-15)16-9-18(24)23-20(17(16)10-21)28-12-19(25)22-11-14-3-2-8-26-14/h4-7,14,16H,2-3,8-9,11-12H2,1H3,(H,22,25)(H,23,24)/t14-,16+/m0/s1. The molecule has 0 spiro atoms. The van der Waals surface area contributed by atoms with E-state index in [0.29, 0.717) is 17.1 Å². The maximum Gasteiger partial charge on any atom is 0.230 e. The molecule has 0 aliphatic carbocycles. The summed E-state index contributed by atoms with van der Waals surface area (Å²) in [6.07, 6.45) is 4.31. The molecule has 3 rings (SSSR count). The van der Waals surface area contributed by atoms with Crippen LogP contribution < -0.4 is 10.6 Å². The molecule has 1 aromatic carbocycles. The van der Waals surface area contributed by atoms with Crippen molar-refractivity contribution < 1.29 is 14.3 Å². The molecule has 2 heterocycles. The second kappa shape index (κ2) is 10.0. The van der Waals surface area contributed by atoms with Crippen LogP contribution in [0.4, 0.5) is 0 Å². The lowest BCUT2D eigenvalue weighted by Crippen LogP contribution is -2.34. The van der Waals surface area contributed by atoms with Gasteiger partial charge in [-0.05, 0) is 36.8 Å². The number of carbonyl (C=O) groups excluding carboxylic acids is 2. The van der Waals surface area contributed by atoms with Crippen molar-refractivity contribution in [2.75, 3.05) is 25.2 Å². The quantitative estimate of drug-likeness (QED) is 0.663. The van der Waals surface area contributed by atoms with Crippen LogP contribution in [0.5, 0.6) is 0 Å². The molecule has 0 radical (unpaired) electrons. The number of hydrogen-bond donors (Lipinski definition) is 2. The zero-order valence-electron chi connectivity index (χ0n) is 15.7. The van der Waals surface area contributed by atoms with Gasteiger partial charge in [0.05, 0.1) is 28.5 Å². The first-order valence-corrected chi connectivity index (χ1v) is 11.4. The van der Waals surface area contributed by atoms with Crippen LogP contribution in [0.3, 0.4) is 0 Å². The maximum absolute atomic E-state index is 12.2. The van der Waals surface area contributed by atoms with Gasteiger partial charge in [0.15, 0.2) is 0 Å². The topological polar surface area (TPSA) is 91.2 Å². The zero-order chi connectivity index (χ0) is 19.9. The molecule has 28 heavy (non-hydrogen) atoms. The molecule has 6 nitrogen and oxygen atoms in total. The molecule has 0 bridgehead atoms. The van der Waals surface area contributed by atoms with Crippen LogP contribution in [0.2, 0.25) is 0 Å². The van der Waals surface area contributed by atoms with Crippen molar-refractivity contribution in [1.82, 2.24) is 10.6 Å². The number of benzene rings is 1. The summed E-state index contributed by atoms with van der Waals surface area (Å²) in [6, 6.07) is 10.1. The van der Waals surface area contributed by atoms with Gasteiger partial charge in [-0.25, -0.2) is 0 Å². The number of amides is 2. The highest BCUT2D eigenvalue weighted by atomic mass is 32.2. The second-order valence-electron chi connectivity index (χ2n) is 6.66. The Kier molecular flexibility index (Phi) is 7.43. The van der Waals surface area contributed by atoms with Gasteiger partial charge in [-0.1, -0.05) is 23.9 Å². The molecule has 0 aromatic heterocycles. The first kappa shape index (κ1) is 20.8. The normalized spacial score (nSPS) is 21.9. The second-order valence-corrected chi connectivity index (χ2v) is 8.53. The number of nitrogens with zero attached hydrogens (tertiary/aromatic N) is 1. The molecular weight excluding hydrogens is 394 g/mol. The fourth-order valence-electron chi connectivity index (χ4n) is 3.28. The number of allylic oxidation sites excluding steroid dienone is 1. The first-order valence-electron chi connectivity index (χ1n) is 9.20. The zero-order valence-corrected chi connectivity index (χ0v) is 17.3. The fraction of sp³-hybridized carbons (Fsp3) is 0.450. The summed E-state index contributed by atoms with van der Waals surface area (Å²) < 4.78 is 5.49. The summed E-state index contributed by atoms with van der Waals surface area (Å²) >= 11 is 2.84. The minimum absolute atomic E-state index is 0.0888. The highest BCUT2D eigenvalue weighted by Crippen LogP contribution is 2.36. The molecule has 1 fully saturated rings.